The highest BCUT2D eigenvalue weighted by molar-refractivity contribution is 5.82. The third-order valence-electron chi connectivity index (χ3n) is 20.0. The van der Waals surface area contributed by atoms with E-state index in [1.807, 2.05) is 315 Å². The predicted molar refractivity (Wildman–Crippen MR) is 475 cm³/mol. The molecule has 120 heavy (non-hydrogen) atoms. The van der Waals surface area contributed by atoms with Crippen molar-refractivity contribution in [2.45, 2.75) is 0 Å². The van der Waals surface area contributed by atoms with Gasteiger partial charge in [-0.15, -0.1) is 0 Å². The monoisotopic (exact) mass is 1540 g/mol. The van der Waals surface area contributed by atoms with E-state index in [1.54, 1.807) is 12.4 Å². The molecule has 10 heterocycles. The summed E-state index contributed by atoms with van der Waals surface area (Å²) in [6.07, 6.45) is 3.56. The molecule has 20 aromatic rings. The molecule has 16 heteroatoms. The van der Waals surface area contributed by atoms with Gasteiger partial charge in [0.1, 0.15) is 0 Å². The van der Waals surface area contributed by atoms with Gasteiger partial charge in [0.25, 0.3) is 0 Å². The molecule has 0 aliphatic carbocycles. The van der Waals surface area contributed by atoms with Crippen molar-refractivity contribution in [3.8, 4) is 204 Å². The zero-order valence-electron chi connectivity index (χ0n) is 64.4. The third kappa shape index (κ3) is 16.7. The first-order chi connectivity index (χ1) is 59.4. The second-order valence-corrected chi connectivity index (χ2v) is 28.1. The average molecular weight is 1540 g/mol. The van der Waals surface area contributed by atoms with E-state index >= 15 is 0 Å². The summed E-state index contributed by atoms with van der Waals surface area (Å²) in [5, 5.41) is 0. The van der Waals surface area contributed by atoms with E-state index in [2.05, 4.69) is 94.9 Å². The number of hydrogen-bond acceptors (Lipinski definition) is 16. The van der Waals surface area contributed by atoms with Crippen LogP contribution in [0, 0.1) is 0 Å². The second-order valence-electron chi connectivity index (χ2n) is 28.1. The van der Waals surface area contributed by atoms with Crippen LogP contribution in [0.15, 0.2) is 413 Å². The van der Waals surface area contributed by atoms with Gasteiger partial charge < -0.3 is 0 Å². The van der Waals surface area contributed by atoms with Crippen molar-refractivity contribution in [3.05, 3.63) is 413 Å². The van der Waals surface area contributed by atoms with Crippen molar-refractivity contribution in [1.29, 1.82) is 0 Å². The Hall–Kier alpha value is -16.7. The normalized spacial score (nSPS) is 11.0. The number of rotatable bonds is 18. The summed E-state index contributed by atoms with van der Waals surface area (Å²) in [5.41, 5.74) is 23.3. The summed E-state index contributed by atoms with van der Waals surface area (Å²) < 4.78 is 0. The Morgan fingerprint density at radius 2 is 0.317 bits per heavy atom. The molecule has 20 rings (SSSR count). The lowest BCUT2D eigenvalue weighted by molar-refractivity contribution is 1.07. The summed E-state index contributed by atoms with van der Waals surface area (Å²) in [5.74, 6) is 4.87. The van der Waals surface area contributed by atoms with Crippen LogP contribution in [0.1, 0.15) is 0 Å². The molecule has 0 radical (unpaired) electrons. The van der Waals surface area contributed by atoms with Gasteiger partial charge in [-0.25, -0.2) is 69.8 Å². The van der Waals surface area contributed by atoms with Crippen molar-refractivity contribution >= 4 is 0 Å². The van der Waals surface area contributed by atoms with Gasteiger partial charge in [0.15, 0.2) is 46.6 Å². The zero-order chi connectivity index (χ0) is 80.2. The Bertz CT molecular complexity index is 6550. The molecule has 0 unspecified atom stereocenters. The fraction of sp³-hybridized carbons (Fsp3) is 0. The highest BCUT2D eigenvalue weighted by atomic mass is 15.0. The minimum Gasteiger partial charge on any atom is -0.255 e. The second kappa shape index (κ2) is 34.1. The Morgan fingerprint density at radius 3 is 0.642 bits per heavy atom. The van der Waals surface area contributed by atoms with Gasteiger partial charge in [-0.1, -0.05) is 309 Å². The number of hydrogen-bond donors (Lipinski definition) is 0. The van der Waals surface area contributed by atoms with Crippen molar-refractivity contribution in [2.75, 3.05) is 0 Å². The molecule has 0 amide bonds. The molecule has 0 spiro atoms. The predicted octanol–water partition coefficient (Wildman–Crippen LogP) is 23.7. The van der Waals surface area contributed by atoms with E-state index in [0.717, 1.165) is 112 Å². The van der Waals surface area contributed by atoms with E-state index in [4.69, 9.17) is 69.8 Å². The topological polar surface area (TPSA) is 206 Å². The van der Waals surface area contributed by atoms with Crippen molar-refractivity contribution in [1.82, 2.24) is 79.7 Å². The number of nitrogens with zero attached hydrogens (tertiary/aromatic N) is 16. The van der Waals surface area contributed by atoms with E-state index in [0.29, 0.717) is 92.1 Å². The Balaban J connectivity index is 0.000000159. The third-order valence-corrected chi connectivity index (χ3v) is 20.0. The van der Waals surface area contributed by atoms with Gasteiger partial charge in [0, 0.05) is 68.0 Å². The molecule has 0 saturated heterocycles. The quantitative estimate of drug-likeness (QED) is 0.0783. The largest absolute Gasteiger partial charge is 0.255 e. The Labute approximate surface area is 692 Å². The standard InChI is InChI=1S/2C52H34N8/c1-5-17-35(18-6-1)45-34-48(57-49(56-45)36-19-7-2-8-20-36)44-29-16-28-43(54-44)47-33-41(32-46(55-47)42-27-13-14-30-53-42)39-25-15-26-40(31-39)52-59-50(37-21-9-3-10-22-37)58-51(60-52)38-23-11-4-12-24-38;1-5-16-36(17-6-1)45-34-48(57-49(56-45)37-18-7-2-8-19-37)44-26-15-25-43(54-44)47-33-41(32-46(55-47)42-24-13-14-31-53-42)35-27-29-40(30-28-35)52-59-50(38-20-9-3-10-21-38)58-51(60-52)39-22-11-4-12-23-39/h2*1-34H. The van der Waals surface area contributed by atoms with Crippen LogP contribution in [0.25, 0.3) is 204 Å². The molecule has 0 aliphatic rings. The molecular formula is C104H68N16. The smallest absolute Gasteiger partial charge is 0.164 e. The fourth-order valence-electron chi connectivity index (χ4n) is 14.0. The zero-order valence-corrected chi connectivity index (χ0v) is 64.4. The van der Waals surface area contributed by atoms with Crippen molar-refractivity contribution < 1.29 is 0 Å². The number of benzene rings is 10. The lowest BCUT2D eigenvalue weighted by Gasteiger charge is -2.12. The molecular weight excluding hydrogens is 1470 g/mol. The van der Waals surface area contributed by atoms with E-state index in [9.17, 15) is 0 Å². The van der Waals surface area contributed by atoms with Gasteiger partial charge in [-0.05, 0) is 113 Å². The molecule has 0 N–H and O–H groups in total. The van der Waals surface area contributed by atoms with Crippen LogP contribution in [0.5, 0.6) is 0 Å². The maximum absolute atomic E-state index is 5.19. The SMILES string of the molecule is c1ccc(-c2cc(-c3cccc(-c4cc(-c5ccc(-c6nc(-c7ccccc7)nc(-c7ccccc7)n6)cc5)cc(-c5ccccn5)n4)n3)nc(-c3ccccc3)n2)cc1.c1ccc(-c2cc(-c3cccc(-c4cc(-c5cccc(-c6nc(-c7ccccc7)nc(-c7ccccc7)n6)c5)cc(-c5ccccn5)n4)n3)nc(-c3ccccc3)n2)cc1. The number of pyridine rings is 6. The Morgan fingerprint density at radius 1 is 0.100 bits per heavy atom. The minimum atomic E-state index is 0.577. The summed E-state index contributed by atoms with van der Waals surface area (Å²) >= 11 is 0. The van der Waals surface area contributed by atoms with Gasteiger partial charge in [0.05, 0.1) is 79.7 Å². The molecule has 564 valence electrons. The maximum Gasteiger partial charge on any atom is 0.164 e. The minimum absolute atomic E-state index is 0.577. The molecule has 10 aromatic heterocycles. The van der Waals surface area contributed by atoms with Crippen LogP contribution in [-0.2, 0) is 0 Å². The van der Waals surface area contributed by atoms with E-state index in [1.165, 1.54) is 0 Å². The van der Waals surface area contributed by atoms with Gasteiger partial charge >= 0.3 is 0 Å². The first kappa shape index (κ1) is 73.5. The molecule has 0 atom stereocenters. The van der Waals surface area contributed by atoms with Crippen LogP contribution in [0.3, 0.4) is 0 Å². The van der Waals surface area contributed by atoms with Crippen LogP contribution in [-0.4, -0.2) is 79.7 Å². The molecule has 0 saturated carbocycles. The summed E-state index contributed by atoms with van der Waals surface area (Å²) in [7, 11) is 0. The van der Waals surface area contributed by atoms with E-state index in [-0.39, 0.29) is 0 Å². The maximum atomic E-state index is 5.19. The summed E-state index contributed by atoms with van der Waals surface area (Å²) in [4.78, 5) is 79.5. The van der Waals surface area contributed by atoms with Gasteiger partial charge in [0.2, 0.25) is 0 Å². The number of aromatic nitrogens is 16. The highest BCUT2D eigenvalue weighted by Crippen LogP contribution is 2.38. The fourth-order valence-corrected chi connectivity index (χ4v) is 14.0. The first-order valence-corrected chi connectivity index (χ1v) is 39.2. The van der Waals surface area contributed by atoms with Crippen molar-refractivity contribution in [2.24, 2.45) is 0 Å². The summed E-state index contributed by atoms with van der Waals surface area (Å²) in [6.45, 7) is 0. The lowest BCUT2D eigenvalue weighted by atomic mass is 10.00. The summed E-state index contributed by atoms with van der Waals surface area (Å²) in [6, 6.07) is 133. The van der Waals surface area contributed by atoms with Crippen LogP contribution < -0.4 is 0 Å². The first-order valence-electron chi connectivity index (χ1n) is 39.2. The average Bonchev–Trinajstić information content (AvgIpc) is 0.781. The van der Waals surface area contributed by atoms with Crippen LogP contribution in [0.2, 0.25) is 0 Å². The van der Waals surface area contributed by atoms with Gasteiger partial charge in [-0.2, -0.15) is 0 Å². The highest BCUT2D eigenvalue weighted by Gasteiger charge is 2.21. The van der Waals surface area contributed by atoms with E-state index < -0.39 is 0 Å². The molecule has 16 nitrogen and oxygen atoms in total. The Kier molecular flexibility index (Phi) is 20.9. The molecule has 0 bridgehead atoms. The van der Waals surface area contributed by atoms with Crippen LogP contribution >= 0.6 is 0 Å². The van der Waals surface area contributed by atoms with Crippen LogP contribution in [0.4, 0.5) is 0 Å². The molecule has 10 aromatic carbocycles. The van der Waals surface area contributed by atoms with Crippen molar-refractivity contribution in [3.63, 3.8) is 0 Å². The molecule has 0 aliphatic heterocycles. The van der Waals surface area contributed by atoms with Gasteiger partial charge in [-0.3, -0.25) is 9.97 Å². The lowest BCUT2D eigenvalue weighted by Crippen LogP contribution is -2.00. The molecule has 0 fully saturated rings.